The molecule has 5 rings (SSSR count). The van der Waals surface area contributed by atoms with E-state index in [1.807, 2.05) is 55.6 Å². The molecule has 1 heterocycles. The van der Waals surface area contributed by atoms with Gasteiger partial charge in [0.1, 0.15) is 5.60 Å². The van der Waals surface area contributed by atoms with Crippen LogP contribution in [0.1, 0.15) is 76.6 Å². The van der Waals surface area contributed by atoms with Gasteiger partial charge in [0.25, 0.3) is 0 Å². The highest BCUT2D eigenvalue weighted by atomic mass is 32.2. The molecule has 0 radical (unpaired) electrons. The van der Waals surface area contributed by atoms with Gasteiger partial charge in [0.15, 0.2) is 0 Å². The van der Waals surface area contributed by atoms with E-state index in [4.69, 9.17) is 4.74 Å². The molecule has 4 atom stereocenters. The van der Waals surface area contributed by atoms with Crippen molar-refractivity contribution in [2.75, 3.05) is 19.6 Å². The molecule has 0 bridgehead atoms. The molecule has 1 fully saturated rings. The Morgan fingerprint density at radius 3 is 1.76 bits per heavy atom. The van der Waals surface area contributed by atoms with Crippen LogP contribution in [0.2, 0.25) is 0 Å². The van der Waals surface area contributed by atoms with Gasteiger partial charge in [-0.3, -0.25) is 9.69 Å². The summed E-state index contributed by atoms with van der Waals surface area (Å²) < 4.78 is 5.45. The van der Waals surface area contributed by atoms with Crippen molar-refractivity contribution in [3.8, 4) is 0 Å². The van der Waals surface area contributed by atoms with Gasteiger partial charge >= 0.3 is 6.09 Å². The summed E-state index contributed by atoms with van der Waals surface area (Å²) in [6, 6.07) is 41.8. The maximum atomic E-state index is 14.2. The summed E-state index contributed by atoms with van der Waals surface area (Å²) in [6.45, 7) is 14.4. The minimum absolute atomic E-state index is 0.00887. The van der Waals surface area contributed by atoms with Crippen LogP contribution < -0.4 is 5.32 Å². The molecule has 6 nitrogen and oxygen atoms in total. The van der Waals surface area contributed by atoms with Crippen molar-refractivity contribution in [2.45, 2.75) is 88.6 Å². The molecule has 1 aliphatic heterocycles. The number of amides is 2. The van der Waals surface area contributed by atoms with E-state index in [2.05, 4.69) is 134 Å². The Balaban J connectivity index is 1.45. The molecule has 0 aliphatic carbocycles. The Kier molecular flexibility index (Phi) is 13.0. The van der Waals surface area contributed by atoms with Gasteiger partial charge in [0, 0.05) is 24.9 Å². The molecule has 1 N–H and O–H groups in total. The van der Waals surface area contributed by atoms with Crippen molar-refractivity contribution in [1.82, 2.24) is 15.1 Å². The molecular formula is C44H55N3O3S. The van der Waals surface area contributed by atoms with E-state index in [1.54, 1.807) is 0 Å². The first kappa shape index (κ1) is 38.2. The molecule has 1 aliphatic rings. The lowest BCUT2D eigenvalue weighted by Gasteiger charge is -2.37. The van der Waals surface area contributed by atoms with Crippen LogP contribution in [0.4, 0.5) is 4.79 Å². The number of nitrogens with one attached hydrogen (secondary N) is 1. The lowest BCUT2D eigenvalue weighted by atomic mass is 9.84. The summed E-state index contributed by atoms with van der Waals surface area (Å²) in [4.78, 5) is 32.2. The minimum atomic E-state index is -0.640. The lowest BCUT2D eigenvalue weighted by molar-refractivity contribution is -0.128. The molecule has 1 saturated heterocycles. The van der Waals surface area contributed by atoms with Crippen LogP contribution in [0.25, 0.3) is 0 Å². The summed E-state index contributed by atoms with van der Waals surface area (Å²) in [5, 5.41) is 3.39. The van der Waals surface area contributed by atoms with Crippen molar-refractivity contribution in [3.63, 3.8) is 0 Å². The second-order valence-corrected chi connectivity index (χ2v) is 16.2. The zero-order valence-electron chi connectivity index (χ0n) is 31.1. The molecule has 0 spiro atoms. The third-order valence-electron chi connectivity index (χ3n) is 9.88. The van der Waals surface area contributed by atoms with E-state index < -0.39 is 10.3 Å². The highest BCUT2D eigenvalue weighted by Gasteiger charge is 2.45. The van der Waals surface area contributed by atoms with Gasteiger partial charge in [-0.2, -0.15) is 0 Å². The van der Waals surface area contributed by atoms with E-state index in [-0.39, 0.29) is 35.3 Å². The maximum absolute atomic E-state index is 14.2. The van der Waals surface area contributed by atoms with Crippen LogP contribution in [0, 0.1) is 5.92 Å². The third-order valence-corrected chi connectivity index (χ3v) is 11.6. The number of nitrogens with zero attached hydrogens (tertiary/aromatic N) is 2. The van der Waals surface area contributed by atoms with Crippen molar-refractivity contribution in [1.29, 1.82) is 0 Å². The first-order chi connectivity index (χ1) is 24.6. The predicted octanol–water partition coefficient (Wildman–Crippen LogP) is 9.14. The van der Waals surface area contributed by atoms with Crippen molar-refractivity contribution < 1.29 is 14.3 Å². The zero-order chi connectivity index (χ0) is 36.4. The Bertz CT molecular complexity index is 1570. The molecule has 7 heteroatoms. The number of thioether (sulfide) groups is 1. The van der Waals surface area contributed by atoms with Crippen LogP contribution in [-0.2, 0) is 20.8 Å². The zero-order valence-corrected chi connectivity index (χ0v) is 31.9. The molecular weight excluding hydrogens is 651 g/mol. The Labute approximate surface area is 310 Å². The van der Waals surface area contributed by atoms with Gasteiger partial charge in [-0.25, -0.2) is 4.79 Å². The van der Waals surface area contributed by atoms with Crippen molar-refractivity contribution in [3.05, 3.63) is 144 Å². The fourth-order valence-corrected chi connectivity index (χ4v) is 9.09. The first-order valence-electron chi connectivity index (χ1n) is 18.4. The van der Waals surface area contributed by atoms with E-state index in [9.17, 15) is 9.59 Å². The number of hydrogen-bond acceptors (Lipinski definition) is 5. The Morgan fingerprint density at radius 2 is 1.31 bits per heavy atom. The van der Waals surface area contributed by atoms with Crippen molar-refractivity contribution >= 4 is 23.8 Å². The Morgan fingerprint density at radius 1 is 0.824 bits per heavy atom. The van der Waals surface area contributed by atoms with Crippen LogP contribution in [0.5, 0.6) is 0 Å². The van der Waals surface area contributed by atoms with Gasteiger partial charge in [-0.05, 0) is 61.9 Å². The summed E-state index contributed by atoms with van der Waals surface area (Å²) in [5.41, 5.74) is 4.09. The topological polar surface area (TPSA) is 61.9 Å². The molecule has 4 aromatic rings. The van der Waals surface area contributed by atoms with Gasteiger partial charge in [0.05, 0.1) is 16.8 Å². The van der Waals surface area contributed by atoms with E-state index in [0.29, 0.717) is 26.1 Å². The lowest BCUT2D eigenvalue weighted by Crippen LogP contribution is -2.52. The second-order valence-electron chi connectivity index (χ2n) is 14.7. The van der Waals surface area contributed by atoms with Crippen LogP contribution in [0.3, 0.4) is 0 Å². The monoisotopic (exact) mass is 705 g/mol. The minimum Gasteiger partial charge on any atom is -0.444 e. The molecule has 0 saturated carbocycles. The smallest absolute Gasteiger partial charge is 0.410 e. The summed E-state index contributed by atoms with van der Waals surface area (Å²) in [5.74, 6) is 0.167. The highest BCUT2D eigenvalue weighted by Crippen LogP contribution is 2.52. The highest BCUT2D eigenvalue weighted by molar-refractivity contribution is 8.01. The van der Waals surface area contributed by atoms with E-state index in [0.717, 1.165) is 13.0 Å². The number of benzene rings is 4. The third kappa shape index (κ3) is 9.43. The number of ether oxygens (including phenoxy) is 1. The average molecular weight is 706 g/mol. The van der Waals surface area contributed by atoms with Crippen LogP contribution in [-0.4, -0.2) is 64.4 Å². The molecule has 51 heavy (non-hydrogen) atoms. The number of likely N-dealkylation sites (tertiary alicyclic amines) is 1. The number of rotatable bonds is 14. The molecule has 2 amide bonds. The first-order valence-corrected chi connectivity index (χ1v) is 19.3. The molecule has 4 aromatic carbocycles. The summed E-state index contributed by atoms with van der Waals surface area (Å²) >= 11 is 1.89. The van der Waals surface area contributed by atoms with Gasteiger partial charge in [-0.15, -0.1) is 11.8 Å². The summed E-state index contributed by atoms with van der Waals surface area (Å²) in [7, 11) is 0. The largest absolute Gasteiger partial charge is 0.444 e. The number of likely N-dealkylation sites (N-methyl/N-ethyl adjacent to an activating group) is 1. The fourth-order valence-electron chi connectivity index (χ4n) is 7.22. The Hall–Kier alpha value is -4.07. The number of hydrogen-bond donors (Lipinski definition) is 1. The standard InChI is InChI=1S/C44H55N3O3S/c1-7-33(3)40(46(8-2)31-34-21-13-9-14-22-34)41(48)45-30-38-29-39(32-47(38)42(49)50-43(4,5)6)51-44(35-23-15-10-16-24-35,36-25-17-11-18-26-36)37-27-19-12-20-28-37/h9-28,33,38-40H,7-8,29-32H2,1-6H3,(H,45,48)/t33-,38?,39?,40-/m0/s1. The number of carbonyl (C=O) groups excluding carboxylic acids is 2. The van der Waals surface area contributed by atoms with Gasteiger partial charge in [0.2, 0.25) is 5.91 Å². The van der Waals surface area contributed by atoms with Crippen molar-refractivity contribution in [2.24, 2.45) is 5.92 Å². The average Bonchev–Trinajstić information content (AvgIpc) is 3.56. The van der Waals surface area contributed by atoms with Gasteiger partial charge < -0.3 is 15.0 Å². The number of carbonyl (C=O) groups is 2. The molecule has 0 aromatic heterocycles. The van der Waals surface area contributed by atoms with E-state index >= 15 is 0 Å². The van der Waals surface area contributed by atoms with E-state index in [1.165, 1.54) is 22.3 Å². The normalized spacial score (nSPS) is 17.6. The molecule has 2 unspecified atom stereocenters. The fraction of sp³-hybridized carbons (Fsp3) is 0.409. The summed E-state index contributed by atoms with van der Waals surface area (Å²) in [6.07, 6.45) is 1.26. The second kappa shape index (κ2) is 17.4. The SMILES string of the molecule is CC[C@H](C)[C@@H](C(=O)NCC1CC(SC(c2ccccc2)(c2ccccc2)c2ccccc2)CN1C(=O)OC(C)(C)C)N(CC)Cc1ccccc1. The van der Waals surface area contributed by atoms with Crippen LogP contribution in [0.15, 0.2) is 121 Å². The van der Waals surface area contributed by atoms with Gasteiger partial charge in [-0.1, -0.05) is 149 Å². The maximum Gasteiger partial charge on any atom is 0.410 e. The predicted molar refractivity (Wildman–Crippen MR) is 211 cm³/mol. The van der Waals surface area contributed by atoms with Crippen LogP contribution >= 0.6 is 11.8 Å². The molecule has 270 valence electrons. The quantitative estimate of drug-likeness (QED) is 0.133.